The second-order valence-electron chi connectivity index (χ2n) is 7.37. The molecule has 10 heteroatoms. The second-order valence-corrected chi connectivity index (χ2v) is 8.32. The standard InChI is InChI=1S/C23H21N3O6S/c1-31-19-11-17(18(26(29)30)12-20(19)32-2)22(27)24-16-6-5-14-7-8-25(13-15(14)10-16)23(28)21-4-3-9-33-21/h3-6,9-12H,7-8,13H2,1-2H3,(H,24,27). The van der Waals surface area contributed by atoms with Gasteiger partial charge in [0.05, 0.1) is 30.1 Å². The van der Waals surface area contributed by atoms with Crippen molar-refractivity contribution in [2.45, 2.75) is 13.0 Å². The first-order valence-corrected chi connectivity index (χ1v) is 11.0. The molecule has 0 spiro atoms. The van der Waals surface area contributed by atoms with Crippen molar-refractivity contribution >= 4 is 34.5 Å². The largest absolute Gasteiger partial charge is 0.493 e. The van der Waals surface area contributed by atoms with Gasteiger partial charge < -0.3 is 19.7 Å². The lowest BCUT2D eigenvalue weighted by molar-refractivity contribution is -0.385. The lowest BCUT2D eigenvalue weighted by atomic mass is 9.98. The number of methoxy groups -OCH3 is 2. The van der Waals surface area contributed by atoms with E-state index < -0.39 is 16.5 Å². The van der Waals surface area contributed by atoms with Crippen molar-refractivity contribution in [3.05, 3.63) is 79.5 Å². The number of benzene rings is 2. The maximum Gasteiger partial charge on any atom is 0.286 e. The monoisotopic (exact) mass is 467 g/mol. The molecule has 3 aromatic rings. The van der Waals surface area contributed by atoms with E-state index in [1.54, 1.807) is 23.1 Å². The lowest BCUT2D eigenvalue weighted by Gasteiger charge is -2.29. The van der Waals surface area contributed by atoms with Gasteiger partial charge in [0.2, 0.25) is 0 Å². The smallest absolute Gasteiger partial charge is 0.286 e. The second kappa shape index (κ2) is 9.29. The highest BCUT2D eigenvalue weighted by molar-refractivity contribution is 7.12. The quantitative estimate of drug-likeness (QED) is 0.431. The van der Waals surface area contributed by atoms with Crippen molar-refractivity contribution in [1.82, 2.24) is 4.90 Å². The molecule has 0 fully saturated rings. The maximum absolute atomic E-state index is 12.9. The number of hydrogen-bond donors (Lipinski definition) is 1. The van der Waals surface area contributed by atoms with Gasteiger partial charge in [-0.2, -0.15) is 0 Å². The summed E-state index contributed by atoms with van der Waals surface area (Å²) in [4.78, 5) is 39.0. The van der Waals surface area contributed by atoms with Gasteiger partial charge in [-0.25, -0.2) is 0 Å². The Morgan fingerprint density at radius 1 is 1.09 bits per heavy atom. The first-order chi connectivity index (χ1) is 15.9. The van der Waals surface area contributed by atoms with Crippen LogP contribution in [0.1, 0.15) is 31.2 Å². The third-order valence-electron chi connectivity index (χ3n) is 5.44. The van der Waals surface area contributed by atoms with Crippen molar-refractivity contribution in [2.24, 2.45) is 0 Å². The minimum absolute atomic E-state index is 0.0222. The van der Waals surface area contributed by atoms with E-state index in [4.69, 9.17) is 9.47 Å². The Morgan fingerprint density at radius 2 is 1.85 bits per heavy atom. The van der Waals surface area contributed by atoms with Gasteiger partial charge in [-0.3, -0.25) is 19.7 Å². The minimum Gasteiger partial charge on any atom is -0.493 e. The Kier molecular flexibility index (Phi) is 6.27. The molecule has 2 aromatic carbocycles. The molecule has 0 saturated heterocycles. The number of hydrogen-bond acceptors (Lipinski definition) is 7. The van der Waals surface area contributed by atoms with Crippen LogP contribution in [0.3, 0.4) is 0 Å². The topological polar surface area (TPSA) is 111 Å². The molecule has 0 saturated carbocycles. The zero-order valence-corrected chi connectivity index (χ0v) is 18.8. The summed E-state index contributed by atoms with van der Waals surface area (Å²) in [5.74, 6) is -0.303. The number of carbonyl (C=O) groups is 2. The van der Waals surface area contributed by atoms with Gasteiger partial charge in [-0.05, 0) is 41.1 Å². The number of nitrogens with zero attached hydrogens (tertiary/aromatic N) is 2. The number of ether oxygens (including phenoxy) is 2. The van der Waals surface area contributed by atoms with E-state index in [0.717, 1.165) is 17.2 Å². The fourth-order valence-electron chi connectivity index (χ4n) is 3.76. The van der Waals surface area contributed by atoms with E-state index >= 15 is 0 Å². The summed E-state index contributed by atoms with van der Waals surface area (Å²) in [6.07, 6.45) is 0.710. The number of nitro benzene ring substituents is 1. The molecule has 1 aliphatic heterocycles. The van der Waals surface area contributed by atoms with E-state index in [1.807, 2.05) is 17.5 Å². The molecule has 1 N–H and O–H groups in total. The number of nitrogens with one attached hydrogen (secondary N) is 1. The summed E-state index contributed by atoms with van der Waals surface area (Å²) in [6, 6.07) is 11.5. The normalized spacial score (nSPS) is 12.6. The van der Waals surface area contributed by atoms with Crippen LogP contribution in [0.4, 0.5) is 11.4 Å². The molecule has 4 rings (SSSR count). The van der Waals surface area contributed by atoms with Gasteiger partial charge >= 0.3 is 0 Å². The molecule has 2 heterocycles. The van der Waals surface area contributed by atoms with Crippen molar-refractivity contribution in [1.29, 1.82) is 0 Å². The Morgan fingerprint density at radius 3 is 2.52 bits per heavy atom. The van der Waals surface area contributed by atoms with E-state index in [2.05, 4.69) is 5.32 Å². The van der Waals surface area contributed by atoms with E-state index in [9.17, 15) is 19.7 Å². The summed E-state index contributed by atoms with van der Waals surface area (Å²) in [6.45, 7) is 1.04. The summed E-state index contributed by atoms with van der Waals surface area (Å²) >= 11 is 1.40. The zero-order valence-electron chi connectivity index (χ0n) is 18.0. The third kappa shape index (κ3) is 4.51. The van der Waals surface area contributed by atoms with Gasteiger partial charge in [-0.1, -0.05) is 12.1 Å². The number of thiophene rings is 1. The maximum atomic E-state index is 12.9. The molecule has 1 aromatic heterocycles. The molecule has 0 atom stereocenters. The van der Waals surface area contributed by atoms with Crippen LogP contribution in [0.15, 0.2) is 47.8 Å². The molecule has 0 radical (unpaired) electrons. The van der Waals surface area contributed by atoms with Crippen LogP contribution in [0, 0.1) is 10.1 Å². The van der Waals surface area contributed by atoms with Crippen LogP contribution in [0.5, 0.6) is 11.5 Å². The van der Waals surface area contributed by atoms with Gasteiger partial charge in [0, 0.05) is 24.8 Å². The van der Waals surface area contributed by atoms with Crippen LogP contribution in [-0.2, 0) is 13.0 Å². The van der Waals surface area contributed by atoms with Crippen molar-refractivity contribution in [3.63, 3.8) is 0 Å². The molecule has 9 nitrogen and oxygen atoms in total. The average molecular weight is 468 g/mol. The third-order valence-corrected chi connectivity index (χ3v) is 6.30. The molecule has 0 unspecified atom stereocenters. The molecule has 170 valence electrons. The van der Waals surface area contributed by atoms with E-state index in [1.165, 1.54) is 31.6 Å². The minimum atomic E-state index is -0.648. The highest BCUT2D eigenvalue weighted by Crippen LogP contribution is 2.35. The van der Waals surface area contributed by atoms with Gasteiger partial charge in [0.25, 0.3) is 17.5 Å². The van der Waals surface area contributed by atoms with E-state index in [-0.39, 0.29) is 23.0 Å². The number of carbonyl (C=O) groups excluding carboxylic acids is 2. The Balaban J connectivity index is 1.57. The van der Waals surface area contributed by atoms with E-state index in [0.29, 0.717) is 30.1 Å². The summed E-state index contributed by atoms with van der Waals surface area (Å²) < 4.78 is 10.3. The molecular formula is C23H21N3O6S. The van der Waals surface area contributed by atoms with Crippen molar-refractivity contribution < 1.29 is 24.0 Å². The summed E-state index contributed by atoms with van der Waals surface area (Å²) in [5.41, 5.74) is 1.96. The van der Waals surface area contributed by atoms with Crippen molar-refractivity contribution in [2.75, 3.05) is 26.1 Å². The highest BCUT2D eigenvalue weighted by Gasteiger charge is 2.26. The number of rotatable bonds is 6. The summed E-state index contributed by atoms with van der Waals surface area (Å²) in [5, 5.41) is 16.1. The van der Waals surface area contributed by atoms with Gasteiger partial charge in [0.15, 0.2) is 11.5 Å². The van der Waals surface area contributed by atoms with Crippen LogP contribution in [0.2, 0.25) is 0 Å². The predicted molar refractivity (Wildman–Crippen MR) is 123 cm³/mol. The lowest BCUT2D eigenvalue weighted by Crippen LogP contribution is -2.35. The van der Waals surface area contributed by atoms with Crippen LogP contribution >= 0.6 is 11.3 Å². The first-order valence-electron chi connectivity index (χ1n) is 10.1. The van der Waals surface area contributed by atoms with Gasteiger partial charge in [-0.15, -0.1) is 11.3 Å². The molecule has 2 amide bonds. The number of amides is 2. The Bertz CT molecular complexity index is 1230. The molecular weight excluding hydrogens is 446 g/mol. The Labute approximate surface area is 193 Å². The predicted octanol–water partition coefficient (Wildman–Crippen LogP) is 4.12. The SMILES string of the molecule is COc1cc(C(=O)Nc2ccc3c(c2)CN(C(=O)c2cccs2)CC3)c([N+](=O)[O-])cc1OC. The number of fused-ring (bicyclic) bond motifs is 1. The number of anilines is 1. The fourth-order valence-corrected chi connectivity index (χ4v) is 4.45. The van der Waals surface area contributed by atoms with Gasteiger partial charge in [0.1, 0.15) is 5.56 Å². The summed E-state index contributed by atoms with van der Waals surface area (Å²) in [7, 11) is 2.75. The Hall–Kier alpha value is -3.92. The van der Waals surface area contributed by atoms with Crippen LogP contribution < -0.4 is 14.8 Å². The highest BCUT2D eigenvalue weighted by atomic mass is 32.1. The van der Waals surface area contributed by atoms with Crippen LogP contribution in [-0.4, -0.2) is 42.4 Å². The molecule has 1 aliphatic rings. The first kappa shape index (κ1) is 22.3. The average Bonchev–Trinajstić information content (AvgIpc) is 3.37. The molecule has 33 heavy (non-hydrogen) atoms. The van der Waals surface area contributed by atoms with Crippen LogP contribution in [0.25, 0.3) is 0 Å². The molecule has 0 aliphatic carbocycles. The molecule has 0 bridgehead atoms. The fraction of sp³-hybridized carbons (Fsp3) is 0.217. The van der Waals surface area contributed by atoms with Crippen molar-refractivity contribution in [3.8, 4) is 11.5 Å². The number of nitro groups is 1. The zero-order chi connectivity index (χ0) is 23.5.